The predicted octanol–water partition coefficient (Wildman–Crippen LogP) is 3.28. The van der Waals surface area contributed by atoms with Crippen LogP contribution < -0.4 is 0 Å². The highest BCUT2D eigenvalue weighted by molar-refractivity contribution is 5.70. The molecule has 4 unspecified atom stereocenters. The van der Waals surface area contributed by atoms with E-state index in [2.05, 4.69) is 11.8 Å². The van der Waals surface area contributed by atoms with Gasteiger partial charge in [-0.05, 0) is 82.2 Å². The molecule has 0 amide bonds. The van der Waals surface area contributed by atoms with Gasteiger partial charge in [0.05, 0.1) is 31.8 Å². The minimum Gasteiger partial charge on any atom is -0.508 e. The van der Waals surface area contributed by atoms with Gasteiger partial charge in [0.1, 0.15) is 5.75 Å². The number of phenols is 1. The molecule has 0 radical (unpaired) electrons. The fourth-order valence-electron chi connectivity index (χ4n) is 7.08. The van der Waals surface area contributed by atoms with Crippen molar-refractivity contribution in [3.63, 3.8) is 0 Å². The topological polar surface area (TPSA) is 88.5 Å². The van der Waals surface area contributed by atoms with Gasteiger partial charge in [0, 0.05) is 30.3 Å². The number of carbonyl (C=O) groups excluding carboxylic acids is 1. The maximum atomic E-state index is 12.8. The van der Waals surface area contributed by atoms with Crippen molar-refractivity contribution >= 4 is 5.97 Å². The van der Waals surface area contributed by atoms with E-state index in [4.69, 9.17) is 14.2 Å². The fourth-order valence-corrected chi connectivity index (χ4v) is 7.08. The van der Waals surface area contributed by atoms with E-state index >= 15 is 0 Å². The number of ether oxygens (including phenoxy) is 3. The summed E-state index contributed by atoms with van der Waals surface area (Å²) < 4.78 is 17.9. The van der Waals surface area contributed by atoms with Crippen LogP contribution in [0.1, 0.15) is 63.5 Å². The third-order valence-electron chi connectivity index (χ3n) is 9.04. The fraction of sp³-hybridized carbons (Fsp3) is 0.741. The van der Waals surface area contributed by atoms with Crippen LogP contribution in [0, 0.1) is 18.8 Å². The Hall–Kier alpha value is -1.67. The van der Waals surface area contributed by atoms with Crippen molar-refractivity contribution < 1.29 is 29.2 Å². The molecule has 34 heavy (non-hydrogen) atoms. The molecule has 0 bridgehead atoms. The third kappa shape index (κ3) is 3.85. The van der Waals surface area contributed by atoms with Crippen molar-refractivity contribution in [3.8, 4) is 5.75 Å². The summed E-state index contributed by atoms with van der Waals surface area (Å²) >= 11 is 0. The largest absolute Gasteiger partial charge is 0.508 e. The number of phenolic OH excluding ortho intramolecular Hbond substituents is 1. The Morgan fingerprint density at radius 2 is 2.00 bits per heavy atom. The zero-order valence-corrected chi connectivity index (χ0v) is 20.7. The molecule has 4 fully saturated rings. The van der Waals surface area contributed by atoms with Gasteiger partial charge >= 0.3 is 5.97 Å². The quantitative estimate of drug-likeness (QED) is 0.613. The molecule has 2 aliphatic carbocycles. The number of rotatable bonds is 6. The molecular weight excluding hydrogens is 434 g/mol. The van der Waals surface area contributed by atoms with E-state index in [1.165, 1.54) is 12.8 Å². The normalized spacial score (nSPS) is 35.3. The lowest BCUT2D eigenvalue weighted by Gasteiger charge is -2.64. The maximum Gasteiger partial charge on any atom is 0.306 e. The smallest absolute Gasteiger partial charge is 0.306 e. The lowest BCUT2D eigenvalue weighted by Crippen LogP contribution is -2.74. The number of fused-ring (bicyclic) bond motifs is 1. The van der Waals surface area contributed by atoms with Gasteiger partial charge in [0.25, 0.3) is 0 Å². The number of nitrogens with zero attached hydrogens (tertiary/aromatic N) is 1. The van der Waals surface area contributed by atoms with Crippen molar-refractivity contribution in [3.05, 3.63) is 29.3 Å². The molecule has 5 rings (SSSR count). The summed E-state index contributed by atoms with van der Waals surface area (Å²) in [4.78, 5) is 15.0. The van der Waals surface area contributed by atoms with E-state index in [1.54, 1.807) is 13.0 Å². The predicted molar refractivity (Wildman–Crippen MR) is 126 cm³/mol. The number of piperidine rings is 1. The lowest BCUT2D eigenvalue weighted by molar-refractivity contribution is -0.283. The molecule has 2 N–H and O–H groups in total. The SMILES string of the molecule is CCOC(=O)CC1CC2(O)C(C)N(CC3CC3)CCC2(c2cc(O)ccc2C)CC12OCCO2. The molecule has 4 aliphatic rings. The Labute approximate surface area is 202 Å². The summed E-state index contributed by atoms with van der Waals surface area (Å²) in [6.07, 6.45) is 4.24. The van der Waals surface area contributed by atoms with Crippen LogP contribution in [0.3, 0.4) is 0 Å². The van der Waals surface area contributed by atoms with Gasteiger partial charge in [0.2, 0.25) is 0 Å². The molecule has 2 saturated heterocycles. The van der Waals surface area contributed by atoms with Gasteiger partial charge in [-0.3, -0.25) is 9.69 Å². The van der Waals surface area contributed by atoms with E-state index in [1.807, 2.05) is 19.1 Å². The molecule has 0 aromatic heterocycles. The van der Waals surface area contributed by atoms with Gasteiger partial charge < -0.3 is 24.4 Å². The van der Waals surface area contributed by atoms with E-state index in [0.29, 0.717) is 38.6 Å². The Kier molecular flexibility index (Phi) is 6.20. The molecule has 2 saturated carbocycles. The molecule has 2 aliphatic heterocycles. The molecular formula is C27H39NO6. The highest BCUT2D eigenvalue weighted by Crippen LogP contribution is 2.61. The van der Waals surface area contributed by atoms with Crippen LogP contribution in [-0.4, -0.2) is 71.4 Å². The standard InChI is InChI=1S/C27H39NO6/c1-4-32-24(30)13-21-15-26(31)19(3)28(16-20-6-7-20)10-9-25(26,17-27(21)33-11-12-34-27)23-14-22(29)8-5-18(23)2/h5,8,14,19-21,29,31H,4,6-7,9-13,15-17H2,1-3H3. The Balaban J connectivity index is 1.60. The Morgan fingerprint density at radius 1 is 1.26 bits per heavy atom. The summed E-state index contributed by atoms with van der Waals surface area (Å²) in [6, 6.07) is 5.34. The highest BCUT2D eigenvalue weighted by atomic mass is 16.7. The van der Waals surface area contributed by atoms with Gasteiger partial charge in [0.15, 0.2) is 5.79 Å². The number of hydrogen-bond acceptors (Lipinski definition) is 7. The summed E-state index contributed by atoms with van der Waals surface area (Å²) in [7, 11) is 0. The van der Waals surface area contributed by atoms with Crippen molar-refractivity contribution in [1.82, 2.24) is 4.90 Å². The molecule has 1 spiro atoms. The maximum absolute atomic E-state index is 12.8. The zero-order chi connectivity index (χ0) is 24.1. The number of likely N-dealkylation sites (tertiary alicyclic amines) is 1. The van der Waals surface area contributed by atoms with E-state index in [0.717, 1.165) is 30.6 Å². The van der Waals surface area contributed by atoms with Gasteiger partial charge in [-0.2, -0.15) is 0 Å². The first-order chi connectivity index (χ1) is 16.2. The van der Waals surface area contributed by atoms with Crippen molar-refractivity contribution in [2.75, 3.05) is 32.9 Å². The van der Waals surface area contributed by atoms with E-state index in [-0.39, 0.29) is 30.1 Å². The van der Waals surface area contributed by atoms with Gasteiger partial charge in [-0.25, -0.2) is 0 Å². The minimum absolute atomic E-state index is 0.105. The highest BCUT2D eigenvalue weighted by Gasteiger charge is 2.68. The minimum atomic E-state index is -1.11. The molecule has 1 aromatic carbocycles. The number of carbonyl (C=O) groups is 1. The second kappa shape index (κ2) is 8.77. The first-order valence-corrected chi connectivity index (χ1v) is 12.9. The van der Waals surface area contributed by atoms with Gasteiger partial charge in [-0.1, -0.05) is 6.07 Å². The number of aryl methyl sites for hydroxylation is 1. The molecule has 4 atom stereocenters. The van der Waals surface area contributed by atoms with Crippen LogP contribution in [0.5, 0.6) is 5.75 Å². The molecule has 2 heterocycles. The van der Waals surface area contributed by atoms with Gasteiger partial charge in [-0.15, -0.1) is 0 Å². The number of aliphatic hydroxyl groups is 1. The Bertz CT molecular complexity index is 926. The first-order valence-electron chi connectivity index (χ1n) is 12.9. The average Bonchev–Trinajstić information content (AvgIpc) is 3.50. The molecule has 7 nitrogen and oxygen atoms in total. The lowest BCUT2D eigenvalue weighted by atomic mass is 9.49. The second-order valence-electron chi connectivity index (χ2n) is 11.0. The zero-order valence-electron chi connectivity index (χ0n) is 20.7. The third-order valence-corrected chi connectivity index (χ3v) is 9.04. The van der Waals surface area contributed by atoms with Crippen molar-refractivity contribution in [1.29, 1.82) is 0 Å². The molecule has 188 valence electrons. The first kappa shape index (κ1) is 24.0. The number of aromatic hydroxyl groups is 1. The van der Waals surface area contributed by atoms with E-state index in [9.17, 15) is 15.0 Å². The number of hydrogen-bond donors (Lipinski definition) is 2. The summed E-state index contributed by atoms with van der Waals surface area (Å²) in [5.41, 5.74) is 0.221. The van der Waals surface area contributed by atoms with Crippen LogP contribution in [-0.2, 0) is 24.4 Å². The summed E-state index contributed by atoms with van der Waals surface area (Å²) in [5.74, 6) is -0.633. The van der Waals surface area contributed by atoms with Crippen LogP contribution in [0.4, 0.5) is 0 Å². The van der Waals surface area contributed by atoms with Crippen LogP contribution >= 0.6 is 0 Å². The van der Waals surface area contributed by atoms with Crippen molar-refractivity contribution in [2.24, 2.45) is 11.8 Å². The second-order valence-corrected chi connectivity index (χ2v) is 11.0. The molecule has 1 aromatic rings. The van der Waals surface area contributed by atoms with Crippen molar-refractivity contribution in [2.45, 2.75) is 82.1 Å². The van der Waals surface area contributed by atoms with Crippen LogP contribution in [0.15, 0.2) is 18.2 Å². The van der Waals surface area contributed by atoms with Crippen LogP contribution in [0.2, 0.25) is 0 Å². The Morgan fingerprint density at radius 3 is 2.68 bits per heavy atom. The molecule has 7 heteroatoms. The van der Waals surface area contributed by atoms with Crippen LogP contribution in [0.25, 0.3) is 0 Å². The number of benzene rings is 1. The average molecular weight is 474 g/mol. The monoisotopic (exact) mass is 473 g/mol. The van der Waals surface area contributed by atoms with E-state index < -0.39 is 16.8 Å². The summed E-state index contributed by atoms with van der Waals surface area (Å²) in [6.45, 7) is 9.10. The number of esters is 1. The summed E-state index contributed by atoms with van der Waals surface area (Å²) in [5, 5.41) is 23.2.